The Kier molecular flexibility index (Phi) is 6.67. The molecule has 4 nitrogen and oxygen atoms in total. The zero-order valence-corrected chi connectivity index (χ0v) is 13.5. The minimum Gasteiger partial charge on any atom is -0.489 e. The van der Waals surface area contributed by atoms with Gasteiger partial charge in [-0.05, 0) is 63.4 Å². The Labute approximate surface area is 124 Å². The van der Waals surface area contributed by atoms with Crippen LogP contribution in [0, 0.1) is 0 Å². The number of hydrazone groups is 1. The van der Waals surface area contributed by atoms with Crippen LogP contribution in [0.5, 0.6) is 5.75 Å². The Morgan fingerprint density at radius 3 is 2.50 bits per heavy atom. The summed E-state index contributed by atoms with van der Waals surface area (Å²) in [6.45, 7) is 4.46. The first-order valence-electron chi connectivity index (χ1n) is 5.57. The average Bonchev–Trinajstić information content (AvgIpc) is 2.29. The molecule has 0 spiro atoms. The molecule has 0 saturated carbocycles. The fourth-order valence-corrected chi connectivity index (χ4v) is 2.65. The van der Waals surface area contributed by atoms with Crippen molar-refractivity contribution in [3.63, 3.8) is 0 Å². The van der Waals surface area contributed by atoms with Gasteiger partial charge in [-0.25, -0.2) is 0 Å². The van der Waals surface area contributed by atoms with Gasteiger partial charge in [-0.2, -0.15) is 5.10 Å². The first-order valence-corrected chi connectivity index (χ1v) is 7.15. The van der Waals surface area contributed by atoms with E-state index in [1.54, 1.807) is 6.21 Å². The topological polar surface area (TPSA) is 53.8 Å². The fraction of sp³-hybridized carbons (Fsp3) is 0.417. The number of aliphatic hydroxyl groups is 1. The third-order valence-corrected chi connectivity index (χ3v) is 3.08. The number of rotatable bonds is 6. The number of nitrogens with zero attached hydrogens (tertiary/aromatic N) is 1. The van der Waals surface area contributed by atoms with E-state index in [-0.39, 0.29) is 12.7 Å². The zero-order valence-electron chi connectivity index (χ0n) is 10.3. The van der Waals surface area contributed by atoms with Crippen molar-refractivity contribution in [2.24, 2.45) is 5.10 Å². The van der Waals surface area contributed by atoms with Crippen molar-refractivity contribution in [2.45, 2.75) is 20.0 Å². The molecule has 1 rings (SSSR count). The fourth-order valence-electron chi connectivity index (χ4n) is 1.24. The van der Waals surface area contributed by atoms with Gasteiger partial charge in [0, 0.05) is 0 Å². The lowest BCUT2D eigenvalue weighted by atomic mass is 10.2. The van der Waals surface area contributed by atoms with Crippen molar-refractivity contribution < 1.29 is 9.84 Å². The van der Waals surface area contributed by atoms with E-state index in [2.05, 4.69) is 42.4 Å². The number of hydrogen-bond donors (Lipinski definition) is 2. The molecule has 0 atom stereocenters. The van der Waals surface area contributed by atoms with Crippen LogP contribution < -0.4 is 10.2 Å². The van der Waals surface area contributed by atoms with Gasteiger partial charge in [0.05, 0.1) is 34.4 Å². The van der Waals surface area contributed by atoms with Crippen LogP contribution in [0.4, 0.5) is 0 Å². The summed E-state index contributed by atoms with van der Waals surface area (Å²) in [5.41, 5.74) is 3.65. The molecule has 6 heteroatoms. The second-order valence-corrected chi connectivity index (χ2v) is 5.58. The van der Waals surface area contributed by atoms with E-state index in [0.29, 0.717) is 6.54 Å². The third kappa shape index (κ3) is 4.96. The number of benzene rings is 1. The van der Waals surface area contributed by atoms with Gasteiger partial charge >= 0.3 is 0 Å². The SMILES string of the molecule is CC(C)Oc1c(Br)cc(/C=N/NCCO)cc1Br. The van der Waals surface area contributed by atoms with Gasteiger partial charge in [-0.3, -0.25) is 0 Å². The second kappa shape index (κ2) is 7.76. The molecule has 0 aromatic heterocycles. The van der Waals surface area contributed by atoms with Crippen molar-refractivity contribution in [2.75, 3.05) is 13.2 Å². The van der Waals surface area contributed by atoms with Crippen molar-refractivity contribution in [3.8, 4) is 5.75 Å². The number of ether oxygens (including phenoxy) is 1. The van der Waals surface area contributed by atoms with Gasteiger partial charge in [0.25, 0.3) is 0 Å². The lowest BCUT2D eigenvalue weighted by molar-refractivity contribution is 0.239. The number of hydrogen-bond acceptors (Lipinski definition) is 4. The van der Waals surface area contributed by atoms with Crippen LogP contribution in [-0.4, -0.2) is 30.6 Å². The molecule has 0 radical (unpaired) electrons. The van der Waals surface area contributed by atoms with Gasteiger partial charge in [0.2, 0.25) is 0 Å². The molecule has 0 bridgehead atoms. The highest BCUT2D eigenvalue weighted by Crippen LogP contribution is 2.35. The summed E-state index contributed by atoms with van der Waals surface area (Å²) < 4.78 is 7.43. The molecular formula is C12H16Br2N2O2. The summed E-state index contributed by atoms with van der Waals surface area (Å²) in [4.78, 5) is 0. The van der Waals surface area contributed by atoms with Gasteiger partial charge in [0.1, 0.15) is 5.75 Å². The molecule has 18 heavy (non-hydrogen) atoms. The number of aliphatic hydroxyl groups excluding tert-OH is 1. The van der Waals surface area contributed by atoms with E-state index < -0.39 is 0 Å². The standard InChI is InChI=1S/C12H16Br2N2O2/c1-8(2)18-12-10(13)5-9(6-11(12)14)7-16-15-3-4-17/h5-8,15,17H,3-4H2,1-2H3/b16-7+. The summed E-state index contributed by atoms with van der Waals surface area (Å²) in [6, 6.07) is 3.85. The van der Waals surface area contributed by atoms with Crippen molar-refractivity contribution in [1.29, 1.82) is 0 Å². The highest BCUT2D eigenvalue weighted by atomic mass is 79.9. The van der Waals surface area contributed by atoms with E-state index in [9.17, 15) is 0 Å². The van der Waals surface area contributed by atoms with E-state index in [4.69, 9.17) is 9.84 Å². The predicted molar refractivity (Wildman–Crippen MR) is 80.3 cm³/mol. The predicted octanol–water partition coefficient (Wildman–Crippen LogP) is 2.91. The molecule has 0 aliphatic rings. The van der Waals surface area contributed by atoms with Crippen molar-refractivity contribution in [3.05, 3.63) is 26.6 Å². The summed E-state index contributed by atoms with van der Waals surface area (Å²) in [5, 5.41) is 12.6. The van der Waals surface area contributed by atoms with Gasteiger partial charge in [0.15, 0.2) is 0 Å². The molecule has 0 aliphatic heterocycles. The molecule has 2 N–H and O–H groups in total. The van der Waals surface area contributed by atoms with E-state index in [0.717, 1.165) is 20.3 Å². The van der Waals surface area contributed by atoms with Crippen LogP contribution in [0.15, 0.2) is 26.2 Å². The molecule has 0 unspecified atom stereocenters. The maximum Gasteiger partial charge on any atom is 0.148 e. The molecule has 1 aromatic rings. The molecule has 0 saturated heterocycles. The monoisotopic (exact) mass is 378 g/mol. The Morgan fingerprint density at radius 2 is 2.00 bits per heavy atom. The van der Waals surface area contributed by atoms with E-state index in [1.165, 1.54) is 0 Å². The molecule has 1 aromatic carbocycles. The molecule has 0 heterocycles. The average molecular weight is 380 g/mol. The summed E-state index contributed by atoms with van der Waals surface area (Å²) >= 11 is 6.94. The summed E-state index contributed by atoms with van der Waals surface area (Å²) in [7, 11) is 0. The van der Waals surface area contributed by atoms with Crippen molar-refractivity contribution >= 4 is 38.1 Å². The second-order valence-electron chi connectivity index (χ2n) is 3.87. The van der Waals surface area contributed by atoms with Gasteiger partial charge in [-0.1, -0.05) is 0 Å². The molecular weight excluding hydrogens is 364 g/mol. The highest BCUT2D eigenvalue weighted by Gasteiger charge is 2.09. The first kappa shape index (κ1) is 15.5. The van der Waals surface area contributed by atoms with Crippen LogP contribution >= 0.6 is 31.9 Å². The van der Waals surface area contributed by atoms with Gasteiger partial charge in [-0.15, -0.1) is 0 Å². The number of nitrogens with one attached hydrogen (secondary N) is 1. The molecule has 0 aliphatic carbocycles. The minimum absolute atomic E-state index is 0.0614. The van der Waals surface area contributed by atoms with Gasteiger partial charge < -0.3 is 15.3 Å². The van der Waals surface area contributed by atoms with Crippen LogP contribution in [0.1, 0.15) is 19.4 Å². The summed E-state index contributed by atoms with van der Waals surface area (Å²) in [5.74, 6) is 0.783. The lowest BCUT2D eigenvalue weighted by Gasteiger charge is -2.13. The van der Waals surface area contributed by atoms with Crippen LogP contribution in [-0.2, 0) is 0 Å². The Bertz CT molecular complexity index is 400. The largest absolute Gasteiger partial charge is 0.489 e. The number of halogens is 2. The molecule has 0 fully saturated rings. The van der Waals surface area contributed by atoms with E-state index in [1.807, 2.05) is 26.0 Å². The van der Waals surface area contributed by atoms with Crippen LogP contribution in [0.25, 0.3) is 0 Å². The maximum atomic E-state index is 8.60. The molecule has 0 amide bonds. The first-order chi connectivity index (χ1) is 8.54. The Hall–Kier alpha value is -0.590. The Morgan fingerprint density at radius 1 is 1.39 bits per heavy atom. The molecule has 100 valence electrons. The minimum atomic E-state index is 0.0614. The third-order valence-electron chi connectivity index (χ3n) is 1.90. The maximum absolute atomic E-state index is 8.60. The zero-order chi connectivity index (χ0) is 13.5. The quantitative estimate of drug-likeness (QED) is 0.454. The van der Waals surface area contributed by atoms with Crippen LogP contribution in [0.2, 0.25) is 0 Å². The lowest BCUT2D eigenvalue weighted by Crippen LogP contribution is -2.11. The highest BCUT2D eigenvalue weighted by molar-refractivity contribution is 9.11. The van der Waals surface area contributed by atoms with Crippen molar-refractivity contribution in [1.82, 2.24) is 5.43 Å². The smallest absolute Gasteiger partial charge is 0.148 e. The van der Waals surface area contributed by atoms with Crippen LogP contribution in [0.3, 0.4) is 0 Å². The summed E-state index contributed by atoms with van der Waals surface area (Å²) in [6.07, 6.45) is 1.80. The Balaban J connectivity index is 2.82. The van der Waals surface area contributed by atoms with E-state index >= 15 is 0 Å². The normalized spacial score (nSPS) is 11.2.